The Morgan fingerprint density at radius 2 is 1.83 bits per heavy atom. The molecule has 9 heteroatoms. The Morgan fingerprint density at radius 3 is 2.53 bits per heavy atom. The van der Waals surface area contributed by atoms with E-state index in [1.807, 2.05) is 73.7 Å². The summed E-state index contributed by atoms with van der Waals surface area (Å²) >= 11 is 2.20. The summed E-state index contributed by atoms with van der Waals surface area (Å²) in [6, 6.07) is 24.6. The summed E-state index contributed by atoms with van der Waals surface area (Å²) in [4.78, 5) is 19.4. The van der Waals surface area contributed by atoms with Crippen molar-refractivity contribution in [2.24, 2.45) is 5.10 Å². The van der Waals surface area contributed by atoms with Crippen LogP contribution in [0.25, 0.3) is 11.3 Å². The number of halogens is 1. The molecule has 180 valence electrons. The Hall–Kier alpha value is -4.17. The minimum atomic E-state index is -0.544. The van der Waals surface area contributed by atoms with Crippen molar-refractivity contribution in [3.05, 3.63) is 103 Å². The molecule has 3 aromatic carbocycles. The van der Waals surface area contributed by atoms with Gasteiger partial charge in [0.2, 0.25) is 5.95 Å². The van der Waals surface area contributed by atoms with Crippen LogP contribution < -0.4 is 20.5 Å². The van der Waals surface area contributed by atoms with Gasteiger partial charge in [-0.25, -0.2) is 10.4 Å². The Labute approximate surface area is 221 Å². The molecule has 0 aliphatic carbocycles. The molecule has 0 atom stereocenters. The van der Waals surface area contributed by atoms with E-state index >= 15 is 0 Å². The minimum absolute atomic E-state index is 0.0577. The second-order valence-electron chi connectivity index (χ2n) is 7.52. The van der Waals surface area contributed by atoms with Crippen LogP contribution in [-0.4, -0.2) is 22.8 Å². The quantitative estimate of drug-likeness (QED) is 0.155. The Balaban J connectivity index is 1.55. The van der Waals surface area contributed by atoms with E-state index in [9.17, 15) is 10.1 Å². The van der Waals surface area contributed by atoms with Crippen LogP contribution >= 0.6 is 22.6 Å². The van der Waals surface area contributed by atoms with E-state index in [2.05, 4.69) is 43.1 Å². The van der Waals surface area contributed by atoms with Gasteiger partial charge in [-0.15, -0.1) is 0 Å². The number of nitrogens with zero attached hydrogens (tertiary/aromatic N) is 3. The zero-order valence-electron chi connectivity index (χ0n) is 19.4. The van der Waals surface area contributed by atoms with E-state index in [0.717, 1.165) is 14.7 Å². The molecule has 0 saturated carbocycles. The van der Waals surface area contributed by atoms with E-state index in [1.54, 1.807) is 18.3 Å². The molecule has 0 saturated heterocycles. The van der Waals surface area contributed by atoms with E-state index < -0.39 is 5.56 Å². The highest BCUT2D eigenvalue weighted by Gasteiger charge is 2.14. The van der Waals surface area contributed by atoms with Gasteiger partial charge in [0.15, 0.2) is 11.5 Å². The summed E-state index contributed by atoms with van der Waals surface area (Å²) in [5.41, 5.74) is 4.92. The maximum Gasteiger partial charge on any atom is 0.270 e. The summed E-state index contributed by atoms with van der Waals surface area (Å²) in [5.74, 6) is 1.40. The second kappa shape index (κ2) is 12.0. The monoisotopic (exact) mass is 591 g/mol. The molecule has 0 aliphatic heterocycles. The lowest BCUT2D eigenvalue weighted by molar-refractivity contribution is 0.267. The van der Waals surface area contributed by atoms with E-state index in [-0.39, 0.29) is 17.2 Å². The molecular weight excluding hydrogens is 569 g/mol. The van der Waals surface area contributed by atoms with E-state index in [4.69, 9.17) is 9.47 Å². The number of aromatic nitrogens is 2. The van der Waals surface area contributed by atoms with Crippen molar-refractivity contribution < 1.29 is 9.47 Å². The molecule has 0 unspecified atom stereocenters. The largest absolute Gasteiger partial charge is 0.490 e. The topological polar surface area (TPSA) is 112 Å². The summed E-state index contributed by atoms with van der Waals surface area (Å²) in [7, 11) is 0. The number of benzene rings is 3. The van der Waals surface area contributed by atoms with Crippen LogP contribution in [0.15, 0.2) is 82.7 Å². The molecule has 4 rings (SSSR count). The summed E-state index contributed by atoms with van der Waals surface area (Å²) in [5, 5.41) is 13.6. The van der Waals surface area contributed by atoms with Gasteiger partial charge in [-0.05, 0) is 52.8 Å². The SMILES string of the molecule is CCOc1cc(C=NNc2nc(-c3ccccc3)c(C#N)c(=O)[nH]2)cc(I)c1OCc1ccccc1. The van der Waals surface area contributed by atoms with Gasteiger partial charge in [0.1, 0.15) is 18.2 Å². The highest BCUT2D eigenvalue weighted by Crippen LogP contribution is 2.34. The molecule has 0 fully saturated rings. The molecule has 0 aliphatic rings. The molecule has 0 radical (unpaired) electrons. The minimum Gasteiger partial charge on any atom is -0.490 e. The number of nitrogens with one attached hydrogen (secondary N) is 2. The highest BCUT2D eigenvalue weighted by molar-refractivity contribution is 14.1. The first-order valence-electron chi connectivity index (χ1n) is 11.1. The predicted molar refractivity (Wildman–Crippen MR) is 147 cm³/mol. The third-order valence-electron chi connectivity index (χ3n) is 5.02. The maximum atomic E-state index is 12.4. The number of H-pyrrole nitrogens is 1. The van der Waals surface area contributed by atoms with Crippen LogP contribution in [0.2, 0.25) is 0 Å². The number of aromatic amines is 1. The first-order valence-corrected chi connectivity index (χ1v) is 12.2. The van der Waals surface area contributed by atoms with Gasteiger partial charge in [0, 0.05) is 5.56 Å². The summed E-state index contributed by atoms with van der Waals surface area (Å²) in [6.45, 7) is 2.82. The van der Waals surface area contributed by atoms with Crippen molar-refractivity contribution in [1.29, 1.82) is 5.26 Å². The van der Waals surface area contributed by atoms with Crippen molar-refractivity contribution in [3.63, 3.8) is 0 Å². The molecule has 0 amide bonds. The highest BCUT2D eigenvalue weighted by atomic mass is 127. The van der Waals surface area contributed by atoms with Crippen LogP contribution in [0.1, 0.15) is 23.6 Å². The lowest BCUT2D eigenvalue weighted by Gasteiger charge is -2.14. The standard InChI is InChI=1S/C27H22IN5O3/c1-2-35-23-14-19(13-22(28)25(23)36-17-18-9-5-3-6-10-18)16-30-33-27-31-24(20-11-7-4-8-12-20)21(15-29)26(34)32-27/h3-14,16H,2,17H2,1H3,(H2,31,32,33,34). The average molecular weight is 591 g/mol. The normalized spacial score (nSPS) is 10.7. The van der Waals surface area contributed by atoms with Crippen LogP contribution in [0, 0.1) is 14.9 Å². The second-order valence-corrected chi connectivity index (χ2v) is 8.69. The molecule has 36 heavy (non-hydrogen) atoms. The first-order chi connectivity index (χ1) is 17.6. The van der Waals surface area contributed by atoms with Crippen LogP contribution in [0.3, 0.4) is 0 Å². The number of hydrogen-bond acceptors (Lipinski definition) is 7. The first kappa shape index (κ1) is 24.9. The molecule has 4 aromatic rings. The van der Waals surface area contributed by atoms with Gasteiger partial charge in [-0.1, -0.05) is 60.7 Å². The zero-order valence-corrected chi connectivity index (χ0v) is 21.5. The molecular formula is C27H22IN5O3. The third-order valence-corrected chi connectivity index (χ3v) is 5.82. The number of hydrogen-bond donors (Lipinski definition) is 2. The lowest BCUT2D eigenvalue weighted by atomic mass is 10.1. The van der Waals surface area contributed by atoms with Gasteiger partial charge in [0.25, 0.3) is 5.56 Å². The molecule has 0 spiro atoms. The summed E-state index contributed by atoms with van der Waals surface area (Å²) in [6.07, 6.45) is 1.59. The van der Waals surface area contributed by atoms with Crippen molar-refractivity contribution >= 4 is 34.8 Å². The van der Waals surface area contributed by atoms with Crippen LogP contribution in [-0.2, 0) is 6.61 Å². The lowest BCUT2D eigenvalue weighted by Crippen LogP contribution is -2.16. The maximum absolute atomic E-state index is 12.4. The molecule has 0 bridgehead atoms. The number of ether oxygens (including phenoxy) is 2. The fourth-order valence-corrected chi connectivity index (χ4v) is 4.18. The van der Waals surface area contributed by atoms with Crippen LogP contribution in [0.5, 0.6) is 11.5 Å². The van der Waals surface area contributed by atoms with E-state index in [1.165, 1.54) is 0 Å². The number of nitriles is 1. The molecule has 2 N–H and O–H groups in total. The van der Waals surface area contributed by atoms with Gasteiger partial charge in [-0.3, -0.25) is 9.78 Å². The van der Waals surface area contributed by atoms with E-state index in [0.29, 0.717) is 30.3 Å². The fraction of sp³-hybridized carbons (Fsp3) is 0.111. The summed E-state index contributed by atoms with van der Waals surface area (Å²) < 4.78 is 12.7. The van der Waals surface area contributed by atoms with Gasteiger partial charge in [-0.2, -0.15) is 10.4 Å². The number of anilines is 1. The molecule has 1 heterocycles. The van der Waals surface area contributed by atoms with Crippen molar-refractivity contribution in [2.75, 3.05) is 12.0 Å². The predicted octanol–water partition coefficient (Wildman–Crippen LogP) is 5.34. The number of hydrazone groups is 1. The third kappa shape index (κ3) is 6.09. The van der Waals surface area contributed by atoms with Crippen molar-refractivity contribution in [2.45, 2.75) is 13.5 Å². The van der Waals surface area contributed by atoms with Gasteiger partial charge < -0.3 is 9.47 Å². The van der Waals surface area contributed by atoms with Crippen molar-refractivity contribution in [3.8, 4) is 28.8 Å². The van der Waals surface area contributed by atoms with Crippen LogP contribution in [0.4, 0.5) is 5.95 Å². The Kier molecular flexibility index (Phi) is 8.31. The number of rotatable bonds is 9. The van der Waals surface area contributed by atoms with Crippen molar-refractivity contribution in [1.82, 2.24) is 9.97 Å². The molecule has 8 nitrogen and oxygen atoms in total. The van der Waals surface area contributed by atoms with Gasteiger partial charge >= 0.3 is 0 Å². The molecule has 1 aromatic heterocycles. The Bertz CT molecular complexity index is 1460. The fourth-order valence-electron chi connectivity index (χ4n) is 3.40. The van der Waals surface area contributed by atoms with Gasteiger partial charge in [0.05, 0.1) is 22.1 Å². The Morgan fingerprint density at radius 1 is 1.11 bits per heavy atom. The smallest absolute Gasteiger partial charge is 0.270 e. The average Bonchev–Trinajstić information content (AvgIpc) is 2.89. The zero-order chi connectivity index (χ0) is 25.3.